The van der Waals surface area contributed by atoms with Crippen molar-refractivity contribution < 1.29 is 28.5 Å². The van der Waals surface area contributed by atoms with Gasteiger partial charge in [0.2, 0.25) is 0 Å². The number of methoxy groups -OCH3 is 1. The van der Waals surface area contributed by atoms with Crippen LogP contribution in [0.3, 0.4) is 0 Å². The number of benzene rings is 2. The molecule has 1 amide bonds. The van der Waals surface area contributed by atoms with Crippen LogP contribution in [0.4, 0.5) is 0 Å². The standard InChI is InChI=1S/C19H19NO6/c1-23-15-7-3-2-6-14(15)19(22)25-12-18(21)20-10-13-11-24-16-8-4-5-9-17(16)26-13/h2-9,13H,10-12H2,1H3,(H,20,21). The number of para-hydroxylation sites is 3. The van der Waals surface area contributed by atoms with Crippen LogP contribution in [0.2, 0.25) is 0 Å². The summed E-state index contributed by atoms with van der Waals surface area (Å²) in [5.74, 6) is 0.672. The molecule has 1 unspecified atom stereocenters. The molecular formula is C19H19NO6. The van der Waals surface area contributed by atoms with E-state index in [1.54, 1.807) is 30.3 Å². The van der Waals surface area contributed by atoms with E-state index in [-0.39, 0.29) is 24.8 Å². The maximum atomic E-state index is 12.0. The lowest BCUT2D eigenvalue weighted by molar-refractivity contribution is -0.124. The van der Waals surface area contributed by atoms with E-state index in [4.69, 9.17) is 18.9 Å². The van der Waals surface area contributed by atoms with Crippen LogP contribution >= 0.6 is 0 Å². The first kappa shape index (κ1) is 17.6. The number of hydrogen-bond donors (Lipinski definition) is 1. The molecule has 0 aliphatic carbocycles. The molecule has 2 aromatic carbocycles. The summed E-state index contributed by atoms with van der Waals surface area (Å²) in [7, 11) is 1.46. The molecule has 1 atom stereocenters. The second-order valence-corrected chi connectivity index (χ2v) is 5.58. The minimum absolute atomic E-state index is 0.249. The van der Waals surface area contributed by atoms with Gasteiger partial charge in [0, 0.05) is 0 Å². The molecule has 0 saturated carbocycles. The topological polar surface area (TPSA) is 83.1 Å². The molecule has 1 aliphatic rings. The van der Waals surface area contributed by atoms with Gasteiger partial charge in [-0.2, -0.15) is 0 Å². The molecule has 1 N–H and O–H groups in total. The summed E-state index contributed by atoms with van der Waals surface area (Å²) in [6.45, 7) is 0.193. The number of ether oxygens (including phenoxy) is 4. The molecule has 26 heavy (non-hydrogen) atoms. The highest BCUT2D eigenvalue weighted by Gasteiger charge is 2.21. The van der Waals surface area contributed by atoms with Gasteiger partial charge in [-0.15, -0.1) is 0 Å². The first-order valence-electron chi connectivity index (χ1n) is 8.12. The molecule has 0 bridgehead atoms. The first-order valence-corrected chi connectivity index (χ1v) is 8.12. The third kappa shape index (κ3) is 4.24. The van der Waals surface area contributed by atoms with Gasteiger partial charge in [0.25, 0.3) is 5.91 Å². The van der Waals surface area contributed by atoms with Gasteiger partial charge in [-0.25, -0.2) is 4.79 Å². The molecule has 1 aliphatic heterocycles. The lowest BCUT2D eigenvalue weighted by Crippen LogP contribution is -2.42. The van der Waals surface area contributed by atoms with Gasteiger partial charge in [0.15, 0.2) is 18.1 Å². The fourth-order valence-corrected chi connectivity index (χ4v) is 2.46. The van der Waals surface area contributed by atoms with Crippen molar-refractivity contribution in [1.29, 1.82) is 0 Å². The number of nitrogens with one attached hydrogen (secondary N) is 1. The van der Waals surface area contributed by atoms with Crippen LogP contribution in [0.5, 0.6) is 17.2 Å². The van der Waals surface area contributed by atoms with E-state index in [0.29, 0.717) is 23.9 Å². The van der Waals surface area contributed by atoms with Crippen LogP contribution in [0.25, 0.3) is 0 Å². The number of rotatable bonds is 6. The van der Waals surface area contributed by atoms with Crippen molar-refractivity contribution in [3.63, 3.8) is 0 Å². The zero-order valence-corrected chi connectivity index (χ0v) is 14.3. The summed E-state index contributed by atoms with van der Waals surface area (Å²) < 4.78 is 21.4. The van der Waals surface area contributed by atoms with Crippen molar-refractivity contribution in [2.75, 3.05) is 26.9 Å². The molecule has 0 fully saturated rings. The Balaban J connectivity index is 1.44. The summed E-state index contributed by atoms with van der Waals surface area (Å²) >= 11 is 0. The monoisotopic (exact) mass is 357 g/mol. The maximum absolute atomic E-state index is 12.0. The van der Waals surface area contributed by atoms with Crippen LogP contribution in [-0.4, -0.2) is 44.8 Å². The predicted octanol–water partition coefficient (Wildman–Crippen LogP) is 1.81. The molecule has 0 aromatic heterocycles. The van der Waals surface area contributed by atoms with Gasteiger partial charge in [0.05, 0.1) is 13.7 Å². The van der Waals surface area contributed by atoms with E-state index < -0.39 is 11.9 Å². The Morgan fingerprint density at radius 1 is 1.12 bits per heavy atom. The molecule has 136 valence electrons. The van der Waals surface area contributed by atoms with Crippen molar-refractivity contribution in [2.24, 2.45) is 0 Å². The van der Waals surface area contributed by atoms with Gasteiger partial charge in [-0.3, -0.25) is 4.79 Å². The van der Waals surface area contributed by atoms with Crippen LogP contribution in [0.1, 0.15) is 10.4 Å². The Morgan fingerprint density at radius 2 is 1.85 bits per heavy atom. The summed E-state index contributed by atoms with van der Waals surface area (Å²) in [6.07, 6.45) is -0.307. The third-order valence-corrected chi connectivity index (χ3v) is 3.76. The second-order valence-electron chi connectivity index (χ2n) is 5.58. The van der Waals surface area contributed by atoms with Gasteiger partial charge >= 0.3 is 5.97 Å². The largest absolute Gasteiger partial charge is 0.496 e. The molecule has 0 saturated heterocycles. The van der Waals surface area contributed by atoms with Crippen molar-refractivity contribution in [2.45, 2.75) is 6.10 Å². The van der Waals surface area contributed by atoms with Crippen molar-refractivity contribution >= 4 is 11.9 Å². The number of carbonyl (C=O) groups is 2. The Kier molecular flexibility index (Phi) is 5.58. The van der Waals surface area contributed by atoms with Crippen molar-refractivity contribution in [3.8, 4) is 17.2 Å². The minimum Gasteiger partial charge on any atom is -0.496 e. The van der Waals surface area contributed by atoms with E-state index in [2.05, 4.69) is 5.32 Å². The molecule has 7 nitrogen and oxygen atoms in total. The normalized spacial score (nSPS) is 15.0. The van der Waals surface area contributed by atoms with Crippen LogP contribution in [0, 0.1) is 0 Å². The average molecular weight is 357 g/mol. The Hall–Kier alpha value is -3.22. The lowest BCUT2D eigenvalue weighted by atomic mass is 10.2. The zero-order chi connectivity index (χ0) is 18.4. The number of amides is 1. The smallest absolute Gasteiger partial charge is 0.342 e. The fourth-order valence-electron chi connectivity index (χ4n) is 2.46. The highest BCUT2D eigenvalue weighted by atomic mass is 16.6. The van der Waals surface area contributed by atoms with E-state index in [1.165, 1.54) is 7.11 Å². The van der Waals surface area contributed by atoms with E-state index >= 15 is 0 Å². The van der Waals surface area contributed by atoms with Gasteiger partial charge < -0.3 is 24.3 Å². The zero-order valence-electron chi connectivity index (χ0n) is 14.3. The summed E-state index contributed by atoms with van der Waals surface area (Å²) in [5.41, 5.74) is 0.267. The van der Waals surface area contributed by atoms with Crippen LogP contribution < -0.4 is 19.5 Å². The third-order valence-electron chi connectivity index (χ3n) is 3.76. The number of fused-ring (bicyclic) bond motifs is 1. The van der Waals surface area contributed by atoms with Crippen molar-refractivity contribution in [3.05, 3.63) is 54.1 Å². The number of hydrogen-bond acceptors (Lipinski definition) is 6. The number of carbonyl (C=O) groups excluding carboxylic acids is 2. The highest BCUT2D eigenvalue weighted by molar-refractivity contribution is 5.93. The van der Waals surface area contributed by atoms with E-state index in [1.807, 2.05) is 18.2 Å². The summed E-state index contributed by atoms with van der Waals surface area (Å²) in [4.78, 5) is 24.0. The Labute approximate surface area is 150 Å². The van der Waals surface area contributed by atoms with Gasteiger partial charge in [0.1, 0.15) is 24.0 Å². The van der Waals surface area contributed by atoms with Gasteiger partial charge in [-0.1, -0.05) is 24.3 Å². The summed E-state index contributed by atoms with van der Waals surface area (Å²) in [5, 5.41) is 2.67. The van der Waals surface area contributed by atoms with Gasteiger partial charge in [-0.05, 0) is 24.3 Å². The molecule has 2 aromatic rings. The summed E-state index contributed by atoms with van der Waals surface area (Å²) in [6, 6.07) is 14.0. The average Bonchev–Trinajstić information content (AvgIpc) is 2.70. The van der Waals surface area contributed by atoms with Crippen molar-refractivity contribution in [1.82, 2.24) is 5.32 Å². The molecule has 1 heterocycles. The SMILES string of the molecule is COc1ccccc1C(=O)OCC(=O)NCC1COc2ccccc2O1. The number of esters is 1. The minimum atomic E-state index is -0.622. The fraction of sp³-hybridized carbons (Fsp3) is 0.263. The molecular weight excluding hydrogens is 338 g/mol. The molecule has 0 radical (unpaired) electrons. The van der Waals surface area contributed by atoms with Crippen LogP contribution in [-0.2, 0) is 9.53 Å². The van der Waals surface area contributed by atoms with E-state index in [0.717, 1.165) is 0 Å². The first-order chi connectivity index (χ1) is 12.7. The maximum Gasteiger partial charge on any atom is 0.342 e. The second kappa shape index (κ2) is 8.24. The molecule has 0 spiro atoms. The highest BCUT2D eigenvalue weighted by Crippen LogP contribution is 2.30. The lowest BCUT2D eigenvalue weighted by Gasteiger charge is -2.26. The molecule has 7 heteroatoms. The van der Waals surface area contributed by atoms with E-state index in [9.17, 15) is 9.59 Å². The quantitative estimate of drug-likeness (QED) is 0.794. The Bertz CT molecular complexity index is 791. The predicted molar refractivity (Wildman–Crippen MR) is 92.6 cm³/mol. The molecule has 3 rings (SSSR count). The Morgan fingerprint density at radius 3 is 2.65 bits per heavy atom. The van der Waals surface area contributed by atoms with Crippen LogP contribution in [0.15, 0.2) is 48.5 Å².